The molecule has 0 aromatic heterocycles. The molecular formula is C15H15F3O5S. The first-order valence-corrected chi connectivity index (χ1v) is 8.41. The predicted molar refractivity (Wildman–Crippen MR) is 79.5 cm³/mol. The second kappa shape index (κ2) is 6.46. The van der Waals surface area contributed by atoms with Crippen molar-refractivity contribution < 1.29 is 35.3 Å². The normalized spacial score (nSPS) is 15.1. The monoisotopic (exact) mass is 364 g/mol. The van der Waals surface area contributed by atoms with Crippen molar-refractivity contribution in [1.29, 1.82) is 0 Å². The van der Waals surface area contributed by atoms with Crippen molar-refractivity contribution in [3.8, 4) is 0 Å². The van der Waals surface area contributed by atoms with E-state index in [9.17, 15) is 26.4 Å². The van der Waals surface area contributed by atoms with E-state index >= 15 is 0 Å². The lowest BCUT2D eigenvalue weighted by Crippen LogP contribution is -2.25. The van der Waals surface area contributed by atoms with E-state index < -0.39 is 21.6 Å². The van der Waals surface area contributed by atoms with Crippen LogP contribution in [0.5, 0.6) is 0 Å². The number of benzene rings is 1. The summed E-state index contributed by atoms with van der Waals surface area (Å²) in [6.07, 6.45) is 2.72. The van der Waals surface area contributed by atoms with Crippen molar-refractivity contribution in [2.75, 3.05) is 7.11 Å². The average Bonchev–Trinajstić information content (AvgIpc) is 2.68. The Hall–Kier alpha value is -2.03. The molecule has 1 aromatic rings. The molecule has 0 saturated heterocycles. The summed E-state index contributed by atoms with van der Waals surface area (Å²) in [6.45, 7) is 1.63. The van der Waals surface area contributed by atoms with Gasteiger partial charge in [-0.2, -0.15) is 21.6 Å². The minimum absolute atomic E-state index is 0.227. The van der Waals surface area contributed by atoms with Crippen LogP contribution in [0.4, 0.5) is 13.2 Å². The Morgan fingerprint density at radius 2 is 1.92 bits per heavy atom. The van der Waals surface area contributed by atoms with Crippen LogP contribution in [0.25, 0.3) is 5.76 Å². The highest BCUT2D eigenvalue weighted by Crippen LogP contribution is 2.35. The van der Waals surface area contributed by atoms with Crippen LogP contribution in [0.15, 0.2) is 18.2 Å². The number of alkyl halides is 3. The molecule has 1 aliphatic rings. The first kappa shape index (κ1) is 18.3. The van der Waals surface area contributed by atoms with Gasteiger partial charge >= 0.3 is 21.6 Å². The van der Waals surface area contributed by atoms with Crippen molar-refractivity contribution in [3.63, 3.8) is 0 Å². The van der Waals surface area contributed by atoms with Gasteiger partial charge in [-0.3, -0.25) is 0 Å². The average molecular weight is 364 g/mol. The van der Waals surface area contributed by atoms with Gasteiger partial charge < -0.3 is 8.92 Å². The van der Waals surface area contributed by atoms with E-state index in [0.29, 0.717) is 30.4 Å². The predicted octanol–water partition coefficient (Wildman–Crippen LogP) is 3.33. The molecule has 0 heterocycles. The molecule has 9 heteroatoms. The maximum Gasteiger partial charge on any atom is 0.534 e. The maximum absolute atomic E-state index is 12.6. The fourth-order valence-electron chi connectivity index (χ4n) is 2.51. The third kappa shape index (κ3) is 3.40. The molecule has 0 unspecified atom stereocenters. The molecule has 0 aliphatic heterocycles. The topological polar surface area (TPSA) is 69.7 Å². The zero-order chi connectivity index (χ0) is 18.1. The van der Waals surface area contributed by atoms with E-state index in [1.54, 1.807) is 6.92 Å². The van der Waals surface area contributed by atoms with Gasteiger partial charge in [-0.25, -0.2) is 4.79 Å². The number of hydrogen-bond donors (Lipinski definition) is 0. The SMILES string of the molecule is COC(=O)c1ccc2c(c1C)CCCC=C2OS(=O)(=O)C(F)(F)F. The van der Waals surface area contributed by atoms with Gasteiger partial charge in [0.15, 0.2) is 0 Å². The van der Waals surface area contributed by atoms with Gasteiger partial charge in [-0.05, 0) is 49.5 Å². The second-order valence-electron chi connectivity index (χ2n) is 5.20. The zero-order valence-corrected chi connectivity index (χ0v) is 13.8. The minimum Gasteiger partial charge on any atom is -0.465 e. The number of hydrogen-bond acceptors (Lipinski definition) is 5. The molecule has 0 radical (unpaired) electrons. The van der Waals surface area contributed by atoms with Crippen molar-refractivity contribution in [1.82, 2.24) is 0 Å². The van der Waals surface area contributed by atoms with Gasteiger partial charge in [0.1, 0.15) is 5.76 Å². The van der Waals surface area contributed by atoms with Gasteiger partial charge in [0, 0.05) is 5.56 Å². The third-order valence-corrected chi connectivity index (χ3v) is 4.68. The Morgan fingerprint density at radius 1 is 1.25 bits per heavy atom. The van der Waals surface area contributed by atoms with Crippen molar-refractivity contribution in [2.24, 2.45) is 0 Å². The highest BCUT2D eigenvalue weighted by atomic mass is 32.2. The van der Waals surface area contributed by atoms with Crippen molar-refractivity contribution in [3.05, 3.63) is 40.5 Å². The zero-order valence-electron chi connectivity index (χ0n) is 12.9. The molecule has 0 fully saturated rings. The number of allylic oxidation sites excluding steroid dienone is 1. The molecule has 0 spiro atoms. The van der Waals surface area contributed by atoms with Crippen LogP contribution in [0.2, 0.25) is 0 Å². The first-order valence-electron chi connectivity index (χ1n) is 7.00. The Morgan fingerprint density at radius 3 is 2.50 bits per heavy atom. The lowest BCUT2D eigenvalue weighted by atomic mass is 9.94. The molecule has 0 saturated carbocycles. The van der Waals surface area contributed by atoms with E-state index in [2.05, 4.69) is 8.92 Å². The molecule has 0 amide bonds. The quantitative estimate of drug-likeness (QED) is 0.467. The van der Waals surface area contributed by atoms with E-state index in [1.165, 1.54) is 25.3 Å². The number of carbonyl (C=O) groups is 1. The summed E-state index contributed by atoms with van der Waals surface area (Å²) in [7, 11) is -4.54. The summed E-state index contributed by atoms with van der Waals surface area (Å²) < 4.78 is 69.2. The molecule has 5 nitrogen and oxygen atoms in total. The van der Waals surface area contributed by atoms with Gasteiger partial charge in [-0.1, -0.05) is 6.07 Å². The molecule has 24 heavy (non-hydrogen) atoms. The molecule has 2 rings (SSSR count). The van der Waals surface area contributed by atoms with Crippen LogP contribution in [0.3, 0.4) is 0 Å². The summed E-state index contributed by atoms with van der Waals surface area (Å²) in [5, 5.41) is 0. The summed E-state index contributed by atoms with van der Waals surface area (Å²) in [6, 6.07) is 2.75. The van der Waals surface area contributed by atoms with Crippen molar-refractivity contribution >= 4 is 21.8 Å². The van der Waals surface area contributed by atoms with Gasteiger partial charge in [0.25, 0.3) is 0 Å². The molecule has 0 bridgehead atoms. The van der Waals surface area contributed by atoms with Crippen LogP contribution in [-0.4, -0.2) is 27.0 Å². The Kier molecular flexibility index (Phi) is 4.93. The molecule has 0 N–H and O–H groups in total. The van der Waals surface area contributed by atoms with Crippen LogP contribution in [0, 0.1) is 6.92 Å². The number of halogens is 3. The van der Waals surface area contributed by atoms with Crippen LogP contribution in [-0.2, 0) is 25.5 Å². The Balaban J connectivity index is 2.52. The third-order valence-electron chi connectivity index (χ3n) is 3.71. The van der Waals surface area contributed by atoms with Crippen molar-refractivity contribution in [2.45, 2.75) is 31.7 Å². The molecule has 132 valence electrons. The molecule has 1 aliphatic carbocycles. The fourth-order valence-corrected chi connectivity index (χ4v) is 3.00. The van der Waals surface area contributed by atoms with E-state index in [1.807, 2.05) is 0 Å². The van der Waals surface area contributed by atoms with Crippen LogP contribution >= 0.6 is 0 Å². The molecule has 1 aromatic carbocycles. The lowest BCUT2D eigenvalue weighted by Gasteiger charge is -2.17. The smallest absolute Gasteiger partial charge is 0.465 e. The highest BCUT2D eigenvalue weighted by molar-refractivity contribution is 7.87. The minimum atomic E-state index is -5.76. The van der Waals surface area contributed by atoms with E-state index in [4.69, 9.17) is 0 Å². The standard InChI is InChI=1S/C15H15F3O5S/c1-9-10-5-3-4-6-13(23-24(20,21)15(16,17)18)12(10)8-7-11(9)14(19)22-2/h6-8H,3-5H2,1-2H3. The summed E-state index contributed by atoms with van der Waals surface area (Å²) in [4.78, 5) is 11.7. The first-order chi connectivity index (χ1) is 11.1. The summed E-state index contributed by atoms with van der Waals surface area (Å²) in [5.74, 6) is -0.951. The van der Waals surface area contributed by atoms with Gasteiger partial charge in [-0.15, -0.1) is 0 Å². The second-order valence-corrected chi connectivity index (χ2v) is 6.74. The summed E-state index contributed by atoms with van der Waals surface area (Å²) >= 11 is 0. The largest absolute Gasteiger partial charge is 0.534 e. The number of methoxy groups -OCH3 is 1. The van der Waals surface area contributed by atoms with E-state index in [-0.39, 0.29) is 16.9 Å². The Bertz CT molecular complexity index is 794. The molecular weight excluding hydrogens is 349 g/mol. The van der Waals surface area contributed by atoms with Gasteiger partial charge in [0.05, 0.1) is 12.7 Å². The van der Waals surface area contributed by atoms with Crippen LogP contribution in [0.1, 0.15) is 39.9 Å². The van der Waals surface area contributed by atoms with Crippen LogP contribution < -0.4 is 0 Å². The number of rotatable bonds is 3. The number of fused-ring (bicyclic) bond motifs is 1. The number of esters is 1. The number of ether oxygens (including phenoxy) is 1. The molecule has 0 atom stereocenters. The fraction of sp³-hybridized carbons (Fsp3) is 0.400. The Labute approximate surface area is 137 Å². The summed E-state index contributed by atoms with van der Waals surface area (Å²) in [5.41, 5.74) is -3.91. The lowest BCUT2D eigenvalue weighted by molar-refractivity contribution is -0.0509. The van der Waals surface area contributed by atoms with Gasteiger partial charge in [0.2, 0.25) is 0 Å². The maximum atomic E-state index is 12.6. The van der Waals surface area contributed by atoms with E-state index in [0.717, 1.165) is 0 Å². The highest BCUT2D eigenvalue weighted by Gasteiger charge is 2.49. The number of carbonyl (C=O) groups excluding carboxylic acids is 1.